The molecule has 1 amide bonds. The molecule has 20 heavy (non-hydrogen) atoms. The van der Waals surface area contributed by atoms with E-state index in [9.17, 15) is 22.8 Å². The van der Waals surface area contributed by atoms with E-state index < -0.39 is 28.5 Å². The number of rotatable bonds is 1. The van der Waals surface area contributed by atoms with Crippen LogP contribution in [0, 0.1) is 0 Å². The number of ketones is 1. The average Bonchev–Trinajstić information content (AvgIpc) is 2.36. The van der Waals surface area contributed by atoms with E-state index in [1.54, 1.807) is 0 Å². The first kappa shape index (κ1) is 14.5. The molecule has 1 aromatic rings. The fourth-order valence-corrected chi connectivity index (χ4v) is 1.99. The van der Waals surface area contributed by atoms with Crippen LogP contribution in [0.4, 0.5) is 13.2 Å². The Bertz CT molecular complexity index is 626. The van der Waals surface area contributed by atoms with Crippen LogP contribution >= 0.6 is 11.6 Å². The average molecular weight is 305 g/mol. The van der Waals surface area contributed by atoms with Gasteiger partial charge in [0.05, 0.1) is 10.6 Å². The lowest BCUT2D eigenvalue weighted by atomic mass is 10.1. The lowest BCUT2D eigenvalue weighted by Crippen LogP contribution is -2.43. The zero-order chi connectivity index (χ0) is 15.1. The molecule has 4 nitrogen and oxygen atoms in total. The third kappa shape index (κ3) is 2.53. The third-order valence-electron chi connectivity index (χ3n) is 2.76. The predicted molar refractivity (Wildman–Crippen MR) is 65.6 cm³/mol. The van der Waals surface area contributed by atoms with E-state index in [0.29, 0.717) is 0 Å². The molecule has 1 aliphatic heterocycles. The number of carbonyl (C=O) groups is 2. The number of alkyl halides is 3. The minimum atomic E-state index is -4.61. The predicted octanol–water partition coefficient (Wildman–Crippen LogP) is 2.15. The number of Topliss-reactive ketones (excluding diaryl/α,β-unsaturated/α-hetero) is 1. The minimum Gasteiger partial charge on any atom is -0.293 e. The molecule has 1 aromatic carbocycles. The van der Waals surface area contributed by atoms with Crippen molar-refractivity contribution in [2.24, 2.45) is 4.99 Å². The van der Waals surface area contributed by atoms with Gasteiger partial charge in [0.15, 0.2) is 0 Å². The highest BCUT2D eigenvalue weighted by atomic mass is 35.5. The monoisotopic (exact) mass is 304 g/mol. The number of amidine groups is 1. The van der Waals surface area contributed by atoms with Gasteiger partial charge in [0.1, 0.15) is 12.4 Å². The molecule has 0 bridgehead atoms. The van der Waals surface area contributed by atoms with Crippen molar-refractivity contribution in [1.29, 1.82) is 0 Å². The lowest BCUT2D eigenvalue weighted by molar-refractivity contribution is -0.141. The molecule has 0 atom stereocenters. The van der Waals surface area contributed by atoms with Gasteiger partial charge in [-0.3, -0.25) is 19.5 Å². The van der Waals surface area contributed by atoms with E-state index in [2.05, 4.69) is 4.99 Å². The highest BCUT2D eigenvalue weighted by Gasteiger charge is 2.35. The van der Waals surface area contributed by atoms with Gasteiger partial charge in [-0.25, -0.2) is 0 Å². The second kappa shape index (κ2) is 4.90. The number of aliphatic imine (C=N–C) groups is 1. The van der Waals surface area contributed by atoms with Gasteiger partial charge in [-0.15, -0.1) is 0 Å². The van der Waals surface area contributed by atoms with E-state index in [0.717, 1.165) is 17.0 Å². The van der Waals surface area contributed by atoms with Gasteiger partial charge in [0.2, 0.25) is 5.78 Å². The molecule has 0 saturated heterocycles. The molecule has 0 fully saturated rings. The quantitative estimate of drug-likeness (QED) is 0.746. The Labute approximate surface area is 116 Å². The molecular formula is C12H8ClF3N2O2. The summed E-state index contributed by atoms with van der Waals surface area (Å²) >= 11 is 5.51. The van der Waals surface area contributed by atoms with Crippen molar-refractivity contribution >= 4 is 29.1 Å². The summed E-state index contributed by atoms with van der Waals surface area (Å²) in [5, 5.41) is -0.442. The smallest absolute Gasteiger partial charge is 0.293 e. The summed E-state index contributed by atoms with van der Waals surface area (Å²) in [4.78, 5) is 27.4. The summed E-state index contributed by atoms with van der Waals surface area (Å²) in [6.07, 6.45) is -4.61. The standard InChI is InChI=1S/C12H8ClF3N2O2/c1-18-10(17-5-9(19)11(18)20)6-2-3-8(13)7(4-6)12(14,15)16/h2-4H,5H2,1H3. The molecule has 0 radical (unpaired) electrons. The van der Waals surface area contributed by atoms with E-state index in [1.807, 2.05) is 0 Å². The van der Waals surface area contributed by atoms with Gasteiger partial charge < -0.3 is 0 Å². The summed E-state index contributed by atoms with van der Waals surface area (Å²) in [7, 11) is 1.28. The van der Waals surface area contributed by atoms with Gasteiger partial charge in [-0.2, -0.15) is 13.2 Å². The highest BCUT2D eigenvalue weighted by Crippen LogP contribution is 2.35. The van der Waals surface area contributed by atoms with E-state index in [-0.39, 0.29) is 17.9 Å². The second-order valence-electron chi connectivity index (χ2n) is 4.12. The fraction of sp³-hybridized carbons (Fsp3) is 0.250. The van der Waals surface area contributed by atoms with Crippen molar-refractivity contribution in [3.63, 3.8) is 0 Å². The zero-order valence-corrected chi connectivity index (χ0v) is 10.9. The highest BCUT2D eigenvalue weighted by molar-refractivity contribution is 6.42. The van der Waals surface area contributed by atoms with Gasteiger partial charge >= 0.3 is 6.18 Å². The first-order chi connectivity index (χ1) is 9.21. The van der Waals surface area contributed by atoms with Crippen LogP contribution in [0.1, 0.15) is 11.1 Å². The van der Waals surface area contributed by atoms with E-state index >= 15 is 0 Å². The SMILES string of the molecule is CN1C(=O)C(=O)CN=C1c1ccc(Cl)c(C(F)(F)F)c1. The molecule has 0 saturated carbocycles. The Balaban J connectivity index is 2.50. The number of carbonyl (C=O) groups excluding carboxylic acids is 2. The Kier molecular flexibility index (Phi) is 3.56. The van der Waals surface area contributed by atoms with E-state index in [4.69, 9.17) is 11.6 Å². The van der Waals surface area contributed by atoms with Crippen molar-refractivity contribution < 1.29 is 22.8 Å². The van der Waals surface area contributed by atoms with Crippen molar-refractivity contribution in [2.45, 2.75) is 6.18 Å². The number of likely N-dealkylation sites (N-methyl/N-ethyl adjacent to an activating group) is 1. The van der Waals surface area contributed by atoms with Crippen LogP contribution < -0.4 is 0 Å². The number of amides is 1. The Hall–Kier alpha value is -1.89. The molecule has 0 spiro atoms. The van der Waals surface area contributed by atoms with Crippen LogP contribution in [0.15, 0.2) is 23.2 Å². The second-order valence-corrected chi connectivity index (χ2v) is 4.53. The Morgan fingerprint density at radius 1 is 1.30 bits per heavy atom. The Morgan fingerprint density at radius 2 is 1.95 bits per heavy atom. The van der Waals surface area contributed by atoms with Crippen molar-refractivity contribution in [1.82, 2.24) is 4.90 Å². The largest absolute Gasteiger partial charge is 0.417 e. The molecule has 0 aromatic heterocycles. The number of benzene rings is 1. The number of halogens is 4. The third-order valence-corrected chi connectivity index (χ3v) is 3.09. The number of hydrogen-bond acceptors (Lipinski definition) is 3. The van der Waals surface area contributed by atoms with Gasteiger partial charge in [-0.05, 0) is 18.2 Å². The van der Waals surface area contributed by atoms with Crippen LogP contribution in [0.2, 0.25) is 5.02 Å². The summed E-state index contributed by atoms with van der Waals surface area (Å²) in [5.74, 6) is -1.50. The minimum absolute atomic E-state index is 0.0109. The molecule has 1 heterocycles. The molecule has 106 valence electrons. The summed E-state index contributed by atoms with van der Waals surface area (Å²) < 4.78 is 38.3. The molecule has 0 unspecified atom stereocenters. The zero-order valence-electron chi connectivity index (χ0n) is 10.2. The van der Waals surface area contributed by atoms with Crippen molar-refractivity contribution in [3.8, 4) is 0 Å². The lowest BCUT2D eigenvalue weighted by Gasteiger charge is -2.23. The summed E-state index contributed by atoms with van der Waals surface area (Å²) in [6, 6.07) is 3.20. The first-order valence-corrected chi connectivity index (χ1v) is 5.82. The van der Waals surface area contributed by atoms with Crippen molar-refractivity contribution in [3.05, 3.63) is 34.3 Å². The van der Waals surface area contributed by atoms with Crippen LogP contribution in [0.3, 0.4) is 0 Å². The Morgan fingerprint density at radius 3 is 2.55 bits per heavy atom. The van der Waals surface area contributed by atoms with Crippen LogP contribution in [-0.4, -0.2) is 36.0 Å². The van der Waals surface area contributed by atoms with Crippen LogP contribution in [0.5, 0.6) is 0 Å². The molecule has 0 aliphatic carbocycles. The van der Waals surface area contributed by atoms with Gasteiger partial charge in [0, 0.05) is 12.6 Å². The normalized spacial score (nSPS) is 16.4. The van der Waals surface area contributed by atoms with Crippen LogP contribution in [-0.2, 0) is 15.8 Å². The van der Waals surface area contributed by atoms with E-state index in [1.165, 1.54) is 13.1 Å². The summed E-state index contributed by atoms with van der Waals surface area (Å²) in [5.41, 5.74) is -0.942. The molecule has 2 rings (SSSR count). The maximum absolute atomic E-state index is 12.8. The van der Waals surface area contributed by atoms with Crippen molar-refractivity contribution in [2.75, 3.05) is 13.6 Å². The maximum Gasteiger partial charge on any atom is 0.417 e. The molecular weight excluding hydrogens is 297 g/mol. The fourth-order valence-electron chi connectivity index (χ4n) is 1.77. The molecule has 1 aliphatic rings. The van der Waals surface area contributed by atoms with Gasteiger partial charge in [0.25, 0.3) is 5.91 Å². The number of hydrogen-bond donors (Lipinski definition) is 0. The molecule has 0 N–H and O–H groups in total. The number of nitrogens with zero attached hydrogens (tertiary/aromatic N) is 2. The first-order valence-electron chi connectivity index (χ1n) is 5.44. The maximum atomic E-state index is 12.8. The van der Waals surface area contributed by atoms with Gasteiger partial charge in [-0.1, -0.05) is 11.6 Å². The molecule has 8 heteroatoms. The summed E-state index contributed by atoms with van der Waals surface area (Å²) in [6.45, 7) is -0.373. The topological polar surface area (TPSA) is 49.7 Å². The van der Waals surface area contributed by atoms with Crippen LogP contribution in [0.25, 0.3) is 0 Å².